The van der Waals surface area contributed by atoms with Crippen LogP contribution >= 0.6 is 0 Å². The van der Waals surface area contributed by atoms with Gasteiger partial charge in [0.25, 0.3) is 0 Å². The van der Waals surface area contributed by atoms with Crippen molar-refractivity contribution in [3.8, 4) is 0 Å². The van der Waals surface area contributed by atoms with Gasteiger partial charge < -0.3 is 15.2 Å². The molecular formula is C6H11NO2. The molecule has 0 aromatic carbocycles. The normalized spacial score (nSPS) is 49.7. The minimum Gasteiger partial charge on any atom is -0.364 e. The molecular weight excluding hydrogens is 118 g/mol. The molecule has 2 saturated heterocycles. The molecule has 2 N–H and O–H groups in total. The van der Waals surface area contributed by atoms with Crippen LogP contribution in [0.4, 0.5) is 0 Å². The number of aliphatic hydroxyl groups is 1. The first kappa shape index (κ1) is 5.65. The molecule has 0 amide bonds. The van der Waals surface area contributed by atoms with Crippen molar-refractivity contribution in [2.45, 2.75) is 24.7 Å². The van der Waals surface area contributed by atoms with E-state index in [0.717, 1.165) is 19.4 Å². The smallest absolute Gasteiger partial charge is 0.182 e. The number of ether oxygens (including phenoxy) is 1. The molecule has 2 aliphatic heterocycles. The molecule has 0 bridgehead atoms. The maximum Gasteiger partial charge on any atom is 0.182 e. The molecule has 2 rings (SSSR count). The molecule has 0 radical (unpaired) electrons. The van der Waals surface area contributed by atoms with Crippen molar-refractivity contribution in [1.29, 1.82) is 0 Å². The summed E-state index contributed by atoms with van der Waals surface area (Å²) in [5.41, 5.74) is 0. The molecule has 3 nitrogen and oxygen atoms in total. The molecule has 0 aromatic rings. The highest BCUT2D eigenvalue weighted by Crippen LogP contribution is 2.30. The zero-order valence-electron chi connectivity index (χ0n) is 5.26. The van der Waals surface area contributed by atoms with Crippen molar-refractivity contribution < 1.29 is 9.84 Å². The second-order valence-corrected chi connectivity index (χ2v) is 2.74. The van der Waals surface area contributed by atoms with Gasteiger partial charge in [-0.15, -0.1) is 0 Å². The van der Waals surface area contributed by atoms with Gasteiger partial charge in [0.15, 0.2) is 5.79 Å². The lowest BCUT2D eigenvalue weighted by molar-refractivity contribution is -0.168. The van der Waals surface area contributed by atoms with Crippen LogP contribution in [0.25, 0.3) is 0 Å². The summed E-state index contributed by atoms with van der Waals surface area (Å²) in [7, 11) is 0. The van der Waals surface area contributed by atoms with Crippen LogP contribution in [-0.4, -0.2) is 30.1 Å². The molecule has 52 valence electrons. The van der Waals surface area contributed by atoms with E-state index in [1.54, 1.807) is 0 Å². The number of rotatable bonds is 0. The number of hydrogen-bond acceptors (Lipinski definition) is 3. The van der Waals surface area contributed by atoms with Crippen LogP contribution in [0, 0.1) is 0 Å². The Kier molecular flexibility index (Phi) is 1.06. The average Bonchev–Trinajstić information content (AvgIpc) is 2.22. The highest BCUT2D eigenvalue weighted by molar-refractivity contribution is 4.94. The molecule has 9 heavy (non-hydrogen) atoms. The summed E-state index contributed by atoms with van der Waals surface area (Å²) in [6.45, 7) is 1.59. The zero-order valence-corrected chi connectivity index (χ0v) is 5.26. The van der Waals surface area contributed by atoms with Crippen LogP contribution in [0.15, 0.2) is 0 Å². The number of nitrogens with one attached hydrogen (secondary N) is 1. The van der Waals surface area contributed by atoms with E-state index in [1.165, 1.54) is 0 Å². The molecule has 0 saturated carbocycles. The highest BCUT2D eigenvalue weighted by atomic mass is 16.6. The van der Waals surface area contributed by atoms with E-state index in [-0.39, 0.29) is 6.04 Å². The Labute approximate surface area is 54.0 Å². The van der Waals surface area contributed by atoms with Crippen molar-refractivity contribution in [3.05, 3.63) is 0 Å². The van der Waals surface area contributed by atoms with Crippen molar-refractivity contribution in [3.63, 3.8) is 0 Å². The Bertz CT molecular complexity index is 116. The minimum atomic E-state index is -0.806. The van der Waals surface area contributed by atoms with Gasteiger partial charge in [0.2, 0.25) is 0 Å². The fourth-order valence-electron chi connectivity index (χ4n) is 1.61. The summed E-state index contributed by atoms with van der Waals surface area (Å²) < 4.78 is 5.16. The summed E-state index contributed by atoms with van der Waals surface area (Å²) >= 11 is 0. The first-order valence-corrected chi connectivity index (χ1v) is 3.41. The molecule has 0 aromatic heterocycles. The highest BCUT2D eigenvalue weighted by Gasteiger charge is 2.45. The van der Waals surface area contributed by atoms with E-state index >= 15 is 0 Å². The Hall–Kier alpha value is -0.120. The Morgan fingerprint density at radius 3 is 3.33 bits per heavy atom. The lowest BCUT2D eigenvalue weighted by Gasteiger charge is -2.19. The molecule has 0 aliphatic carbocycles. The Balaban J connectivity index is 2.17. The van der Waals surface area contributed by atoms with Crippen LogP contribution in [0.2, 0.25) is 0 Å². The first-order chi connectivity index (χ1) is 4.31. The van der Waals surface area contributed by atoms with Crippen molar-refractivity contribution >= 4 is 0 Å². The quantitative estimate of drug-likeness (QED) is 0.461. The number of fused-ring (bicyclic) bond motifs is 1. The van der Waals surface area contributed by atoms with Gasteiger partial charge in [0, 0.05) is 13.0 Å². The molecule has 3 heteroatoms. The van der Waals surface area contributed by atoms with E-state index < -0.39 is 5.79 Å². The van der Waals surface area contributed by atoms with Gasteiger partial charge in [-0.3, -0.25) is 0 Å². The predicted molar refractivity (Wildman–Crippen MR) is 31.9 cm³/mol. The van der Waals surface area contributed by atoms with Crippen molar-refractivity contribution in [1.82, 2.24) is 5.32 Å². The molecule has 0 spiro atoms. The fraction of sp³-hybridized carbons (Fsp3) is 1.00. The van der Waals surface area contributed by atoms with Gasteiger partial charge in [0.1, 0.15) is 0 Å². The molecule has 2 aliphatic rings. The largest absolute Gasteiger partial charge is 0.364 e. The summed E-state index contributed by atoms with van der Waals surface area (Å²) in [6, 6.07) is 0.206. The van der Waals surface area contributed by atoms with E-state index in [0.29, 0.717) is 6.61 Å². The predicted octanol–water partition coefficient (Wildman–Crippen LogP) is -0.543. The monoisotopic (exact) mass is 129 g/mol. The van der Waals surface area contributed by atoms with Crippen LogP contribution in [-0.2, 0) is 4.74 Å². The maximum absolute atomic E-state index is 9.55. The van der Waals surface area contributed by atoms with Gasteiger partial charge in [0.05, 0.1) is 12.6 Å². The summed E-state index contributed by atoms with van der Waals surface area (Å²) in [4.78, 5) is 0. The molecule has 2 atom stereocenters. The van der Waals surface area contributed by atoms with Crippen LogP contribution < -0.4 is 5.32 Å². The summed E-state index contributed by atoms with van der Waals surface area (Å²) in [5, 5.41) is 12.7. The molecule has 2 unspecified atom stereocenters. The van der Waals surface area contributed by atoms with Crippen LogP contribution in [0.1, 0.15) is 12.8 Å². The third-order valence-electron chi connectivity index (χ3n) is 2.18. The fourth-order valence-corrected chi connectivity index (χ4v) is 1.61. The second kappa shape index (κ2) is 1.68. The standard InChI is InChI=1S/C6H11NO2/c8-6-2-3-7-5(6)1-4-9-6/h5,7-8H,1-4H2. The van der Waals surface area contributed by atoms with Gasteiger partial charge >= 0.3 is 0 Å². The zero-order chi connectivity index (χ0) is 6.32. The molecule has 2 fully saturated rings. The van der Waals surface area contributed by atoms with E-state index in [1.807, 2.05) is 0 Å². The van der Waals surface area contributed by atoms with Crippen LogP contribution in [0.5, 0.6) is 0 Å². The average molecular weight is 129 g/mol. The maximum atomic E-state index is 9.55. The van der Waals surface area contributed by atoms with E-state index in [2.05, 4.69) is 5.32 Å². The van der Waals surface area contributed by atoms with E-state index in [9.17, 15) is 5.11 Å². The lowest BCUT2D eigenvalue weighted by atomic mass is 10.1. The van der Waals surface area contributed by atoms with Gasteiger partial charge in [-0.1, -0.05) is 0 Å². The van der Waals surface area contributed by atoms with Crippen molar-refractivity contribution in [2.75, 3.05) is 13.2 Å². The topological polar surface area (TPSA) is 41.5 Å². The van der Waals surface area contributed by atoms with Gasteiger partial charge in [-0.25, -0.2) is 0 Å². The van der Waals surface area contributed by atoms with Gasteiger partial charge in [-0.2, -0.15) is 0 Å². The number of hydrogen-bond donors (Lipinski definition) is 2. The lowest BCUT2D eigenvalue weighted by Crippen LogP contribution is -2.38. The SMILES string of the molecule is OC12CCNC1CCO2. The molecule has 2 heterocycles. The summed E-state index contributed by atoms with van der Waals surface area (Å²) in [6.07, 6.45) is 1.70. The first-order valence-electron chi connectivity index (χ1n) is 3.41. The third-order valence-corrected chi connectivity index (χ3v) is 2.18. The minimum absolute atomic E-state index is 0.206. The van der Waals surface area contributed by atoms with Gasteiger partial charge in [-0.05, 0) is 6.42 Å². The van der Waals surface area contributed by atoms with Crippen LogP contribution in [0.3, 0.4) is 0 Å². The van der Waals surface area contributed by atoms with Crippen molar-refractivity contribution in [2.24, 2.45) is 0 Å². The second-order valence-electron chi connectivity index (χ2n) is 2.74. The Morgan fingerprint density at radius 2 is 2.56 bits per heavy atom. The Morgan fingerprint density at radius 1 is 1.67 bits per heavy atom. The van der Waals surface area contributed by atoms with E-state index in [4.69, 9.17) is 4.74 Å². The third kappa shape index (κ3) is 0.689. The summed E-state index contributed by atoms with van der Waals surface area (Å²) in [5.74, 6) is -0.806.